The summed E-state index contributed by atoms with van der Waals surface area (Å²) in [7, 11) is -4.46. The SMILES string of the molecule is Cc1ccc(F)c(NS(=O)(=O)c2scnc2C(=O)O)c1F. The molecule has 0 saturated carbocycles. The predicted octanol–water partition coefficient (Wildman–Crippen LogP) is 2.23. The maximum absolute atomic E-state index is 13.8. The normalized spacial score (nSPS) is 11.4. The van der Waals surface area contributed by atoms with Gasteiger partial charge in [-0.15, -0.1) is 11.3 Å². The van der Waals surface area contributed by atoms with Crippen LogP contribution in [0, 0.1) is 18.6 Å². The van der Waals surface area contributed by atoms with E-state index >= 15 is 0 Å². The molecule has 0 saturated heterocycles. The number of hydrogen-bond donors (Lipinski definition) is 2. The van der Waals surface area contributed by atoms with E-state index in [-0.39, 0.29) is 5.56 Å². The van der Waals surface area contributed by atoms with Crippen molar-refractivity contribution in [3.05, 3.63) is 40.5 Å². The number of sulfonamides is 1. The van der Waals surface area contributed by atoms with Gasteiger partial charge in [-0.05, 0) is 18.6 Å². The molecule has 0 amide bonds. The smallest absolute Gasteiger partial charge is 0.356 e. The number of thiazole rings is 1. The van der Waals surface area contributed by atoms with Crippen LogP contribution in [-0.4, -0.2) is 24.5 Å². The van der Waals surface area contributed by atoms with Gasteiger partial charge in [0.05, 0.1) is 5.51 Å². The number of benzene rings is 1. The molecule has 2 N–H and O–H groups in total. The highest BCUT2D eigenvalue weighted by molar-refractivity contribution is 7.94. The molecule has 0 bridgehead atoms. The largest absolute Gasteiger partial charge is 0.476 e. The van der Waals surface area contributed by atoms with Gasteiger partial charge in [0.2, 0.25) is 0 Å². The lowest BCUT2D eigenvalue weighted by atomic mass is 10.2. The van der Waals surface area contributed by atoms with Crippen LogP contribution in [0.15, 0.2) is 21.9 Å². The zero-order valence-electron chi connectivity index (χ0n) is 10.4. The second kappa shape index (κ2) is 5.37. The highest BCUT2D eigenvalue weighted by atomic mass is 32.2. The third-order valence-corrected chi connectivity index (χ3v) is 5.22. The fourth-order valence-corrected chi connectivity index (χ4v) is 3.71. The molecule has 0 unspecified atom stereocenters. The first kappa shape index (κ1) is 15.3. The lowest BCUT2D eigenvalue weighted by Gasteiger charge is -2.10. The summed E-state index contributed by atoms with van der Waals surface area (Å²) in [5.74, 6) is -3.73. The summed E-state index contributed by atoms with van der Waals surface area (Å²) in [6.07, 6.45) is 0. The first-order valence-electron chi connectivity index (χ1n) is 5.38. The van der Waals surface area contributed by atoms with Gasteiger partial charge in [-0.25, -0.2) is 27.0 Å². The molecule has 1 aromatic heterocycles. The molecule has 2 aromatic rings. The van der Waals surface area contributed by atoms with Crippen molar-refractivity contribution >= 4 is 33.0 Å². The van der Waals surface area contributed by atoms with E-state index in [1.54, 1.807) is 4.72 Å². The minimum Gasteiger partial charge on any atom is -0.476 e. The van der Waals surface area contributed by atoms with Crippen molar-refractivity contribution in [2.45, 2.75) is 11.1 Å². The standard InChI is InChI=1S/C11H8F2N2O4S2/c1-5-2-3-6(12)8(7(5)13)15-21(18,19)11-9(10(16)17)14-4-20-11/h2-4,15H,1H3,(H,16,17). The van der Waals surface area contributed by atoms with Crippen LogP contribution in [0.4, 0.5) is 14.5 Å². The maximum atomic E-state index is 13.8. The summed E-state index contributed by atoms with van der Waals surface area (Å²) in [5.41, 5.74) is -0.515. The van der Waals surface area contributed by atoms with E-state index in [2.05, 4.69) is 4.98 Å². The number of aryl methyl sites for hydroxylation is 1. The Bertz CT molecular complexity index is 818. The van der Waals surface area contributed by atoms with Gasteiger partial charge in [-0.1, -0.05) is 6.07 Å². The van der Waals surface area contributed by atoms with Crippen molar-refractivity contribution in [1.29, 1.82) is 0 Å². The number of carboxylic acid groups (broad SMARTS) is 1. The summed E-state index contributed by atoms with van der Waals surface area (Å²) in [5, 5.41) is 8.84. The molecule has 6 nitrogen and oxygen atoms in total. The van der Waals surface area contributed by atoms with Crippen LogP contribution in [0.1, 0.15) is 16.1 Å². The average Bonchev–Trinajstić information content (AvgIpc) is 2.89. The highest BCUT2D eigenvalue weighted by Crippen LogP contribution is 2.27. The molecule has 10 heteroatoms. The number of aromatic nitrogens is 1. The Hall–Kier alpha value is -2.07. The van der Waals surface area contributed by atoms with Crippen LogP contribution in [-0.2, 0) is 10.0 Å². The molecule has 1 aromatic carbocycles. The summed E-state index contributed by atoms with van der Waals surface area (Å²) in [6, 6.07) is 2.05. The third kappa shape index (κ3) is 2.85. The van der Waals surface area contributed by atoms with Gasteiger partial charge < -0.3 is 5.11 Å². The lowest BCUT2D eigenvalue weighted by Crippen LogP contribution is -2.17. The maximum Gasteiger partial charge on any atom is 0.356 e. The number of hydrogen-bond acceptors (Lipinski definition) is 5. The molecule has 2 rings (SSSR count). The van der Waals surface area contributed by atoms with E-state index < -0.39 is 43.2 Å². The number of anilines is 1. The molecule has 0 fully saturated rings. The van der Waals surface area contributed by atoms with Gasteiger partial charge in [0.1, 0.15) is 11.5 Å². The first-order valence-corrected chi connectivity index (χ1v) is 7.74. The Morgan fingerprint density at radius 2 is 2.05 bits per heavy atom. The highest BCUT2D eigenvalue weighted by Gasteiger charge is 2.28. The fourth-order valence-electron chi connectivity index (χ4n) is 1.50. The van der Waals surface area contributed by atoms with Crippen LogP contribution in [0.2, 0.25) is 0 Å². The van der Waals surface area contributed by atoms with E-state index in [1.165, 1.54) is 6.92 Å². The molecule has 0 spiro atoms. The lowest BCUT2D eigenvalue weighted by molar-refractivity contribution is 0.0687. The molecular formula is C11H8F2N2O4S2. The summed E-state index contributed by atoms with van der Waals surface area (Å²) >= 11 is 0.533. The number of carboxylic acids is 1. The Kier molecular flexibility index (Phi) is 3.92. The van der Waals surface area contributed by atoms with Crippen LogP contribution < -0.4 is 4.72 Å². The topological polar surface area (TPSA) is 96.4 Å². The van der Waals surface area contributed by atoms with Crippen LogP contribution in [0.5, 0.6) is 0 Å². The number of aromatic carboxylic acids is 1. The van der Waals surface area contributed by atoms with Gasteiger partial charge in [0.25, 0.3) is 10.0 Å². The molecule has 0 aliphatic heterocycles. The monoisotopic (exact) mass is 334 g/mol. The Balaban J connectivity index is 2.50. The quantitative estimate of drug-likeness (QED) is 0.894. The molecule has 0 aliphatic carbocycles. The van der Waals surface area contributed by atoms with Gasteiger partial charge in [-0.2, -0.15) is 0 Å². The van der Waals surface area contributed by atoms with Crippen LogP contribution in [0.3, 0.4) is 0 Å². The number of nitrogens with one attached hydrogen (secondary N) is 1. The third-order valence-electron chi connectivity index (χ3n) is 2.50. The van der Waals surface area contributed by atoms with Crippen molar-refractivity contribution in [3.63, 3.8) is 0 Å². The summed E-state index contributed by atoms with van der Waals surface area (Å²) < 4.78 is 52.6. The second-order valence-electron chi connectivity index (χ2n) is 3.95. The first-order chi connectivity index (χ1) is 9.74. The number of carbonyl (C=O) groups is 1. The average molecular weight is 334 g/mol. The van der Waals surface area contributed by atoms with Crippen molar-refractivity contribution in [2.75, 3.05) is 4.72 Å². The second-order valence-corrected chi connectivity index (χ2v) is 6.68. The van der Waals surface area contributed by atoms with E-state index in [4.69, 9.17) is 5.11 Å². The Morgan fingerprint density at radius 3 is 2.67 bits per heavy atom. The number of halogens is 2. The predicted molar refractivity (Wildman–Crippen MR) is 71.0 cm³/mol. The molecule has 1 heterocycles. The number of rotatable bonds is 4. The van der Waals surface area contributed by atoms with E-state index in [9.17, 15) is 22.0 Å². The zero-order valence-corrected chi connectivity index (χ0v) is 12.1. The fraction of sp³-hybridized carbons (Fsp3) is 0.0909. The van der Waals surface area contributed by atoms with Crippen molar-refractivity contribution in [3.8, 4) is 0 Å². The van der Waals surface area contributed by atoms with Crippen molar-refractivity contribution in [2.24, 2.45) is 0 Å². The van der Waals surface area contributed by atoms with Crippen LogP contribution in [0.25, 0.3) is 0 Å². The Labute approximate surface area is 122 Å². The van der Waals surface area contributed by atoms with Gasteiger partial charge in [0.15, 0.2) is 15.7 Å². The van der Waals surface area contributed by atoms with Crippen LogP contribution >= 0.6 is 11.3 Å². The number of nitrogens with zero attached hydrogens (tertiary/aromatic N) is 1. The Morgan fingerprint density at radius 1 is 1.38 bits per heavy atom. The minimum atomic E-state index is -4.46. The van der Waals surface area contributed by atoms with Gasteiger partial charge in [0, 0.05) is 0 Å². The van der Waals surface area contributed by atoms with Crippen molar-refractivity contribution < 1.29 is 27.1 Å². The van der Waals surface area contributed by atoms with E-state index in [0.717, 1.165) is 17.6 Å². The summed E-state index contributed by atoms with van der Waals surface area (Å²) in [4.78, 5) is 14.3. The summed E-state index contributed by atoms with van der Waals surface area (Å²) in [6.45, 7) is 1.34. The van der Waals surface area contributed by atoms with Crippen molar-refractivity contribution in [1.82, 2.24) is 4.98 Å². The van der Waals surface area contributed by atoms with E-state index in [1.807, 2.05) is 0 Å². The molecule has 112 valence electrons. The molecule has 0 atom stereocenters. The molecular weight excluding hydrogens is 326 g/mol. The minimum absolute atomic E-state index is 0.0388. The molecule has 0 aliphatic rings. The zero-order chi connectivity index (χ0) is 15.8. The van der Waals surface area contributed by atoms with Gasteiger partial charge in [-0.3, -0.25) is 4.72 Å². The van der Waals surface area contributed by atoms with Gasteiger partial charge >= 0.3 is 5.97 Å². The molecule has 21 heavy (non-hydrogen) atoms. The molecule has 0 radical (unpaired) electrons. The van der Waals surface area contributed by atoms with E-state index in [0.29, 0.717) is 11.3 Å².